The summed E-state index contributed by atoms with van der Waals surface area (Å²) < 4.78 is 2.22. The molecule has 0 saturated heterocycles. The molecule has 4 heteroatoms. The molecule has 4 aliphatic carbocycles. The molecule has 4 saturated carbocycles. The van der Waals surface area contributed by atoms with E-state index in [4.69, 9.17) is 15.0 Å². The Labute approximate surface area is 310 Å². The Kier molecular flexibility index (Phi) is 7.01. The van der Waals surface area contributed by atoms with Crippen LogP contribution < -0.4 is 0 Å². The SMILES string of the molecule is c1ccc(-c2nc(-c3c(-c4ccccc4)cc(C45CC6CC(CC(C6)C4)C5)cc3-c3ccccc3)nc(-n3c4ccccc4c4ccccc43)n2)cc1. The summed E-state index contributed by atoms with van der Waals surface area (Å²) in [4.78, 5) is 16.2. The summed E-state index contributed by atoms with van der Waals surface area (Å²) in [5.74, 6) is 4.53. The predicted molar refractivity (Wildman–Crippen MR) is 216 cm³/mol. The Morgan fingerprint density at radius 1 is 0.453 bits per heavy atom. The van der Waals surface area contributed by atoms with Gasteiger partial charge in [0, 0.05) is 21.9 Å². The van der Waals surface area contributed by atoms with Crippen molar-refractivity contribution < 1.29 is 0 Å². The number of benzene rings is 6. The molecular weight excluding hydrogens is 645 g/mol. The highest BCUT2D eigenvalue weighted by Crippen LogP contribution is 2.61. The van der Waals surface area contributed by atoms with E-state index in [1.165, 1.54) is 77.1 Å². The van der Waals surface area contributed by atoms with Gasteiger partial charge in [0.2, 0.25) is 5.95 Å². The molecule has 2 heterocycles. The lowest BCUT2D eigenvalue weighted by molar-refractivity contribution is -0.00514. The molecule has 12 rings (SSSR count). The Morgan fingerprint density at radius 2 is 0.887 bits per heavy atom. The third-order valence-corrected chi connectivity index (χ3v) is 12.6. The lowest BCUT2D eigenvalue weighted by atomic mass is 9.48. The fourth-order valence-electron chi connectivity index (χ4n) is 10.8. The third kappa shape index (κ3) is 5.07. The van der Waals surface area contributed by atoms with Gasteiger partial charge in [0.1, 0.15) is 0 Å². The van der Waals surface area contributed by atoms with Gasteiger partial charge in [0.05, 0.1) is 11.0 Å². The minimum Gasteiger partial charge on any atom is -0.278 e. The highest BCUT2D eigenvalue weighted by Gasteiger charge is 2.52. The molecule has 4 fully saturated rings. The normalized spacial score (nSPS) is 21.8. The summed E-state index contributed by atoms with van der Waals surface area (Å²) in [5.41, 5.74) is 10.6. The van der Waals surface area contributed by atoms with E-state index < -0.39 is 0 Å². The first kappa shape index (κ1) is 30.7. The van der Waals surface area contributed by atoms with Crippen molar-refractivity contribution in [3.8, 4) is 51.0 Å². The smallest absolute Gasteiger partial charge is 0.238 e. The van der Waals surface area contributed by atoms with Crippen LogP contribution in [-0.4, -0.2) is 19.5 Å². The standard InChI is InChI=1S/C49H40N4/c1-4-14-35(15-5-1)41-27-38(49-29-32-24-33(30-49)26-34(25-32)31-49)28-42(36-16-6-2-7-17-36)45(41)47-50-46(37-18-8-3-9-19-37)51-48(52-47)53-43-22-12-10-20-39(43)40-21-11-13-23-44(40)53/h1-23,27-28,32-34H,24-26,29-31H2. The molecule has 8 aromatic rings. The van der Waals surface area contributed by atoms with Crippen LogP contribution >= 0.6 is 0 Å². The van der Waals surface area contributed by atoms with Gasteiger partial charge in [-0.1, -0.05) is 127 Å². The quantitative estimate of drug-likeness (QED) is 0.175. The molecule has 4 nitrogen and oxygen atoms in total. The highest BCUT2D eigenvalue weighted by atomic mass is 15.2. The lowest BCUT2D eigenvalue weighted by Gasteiger charge is -2.57. The number of nitrogens with zero attached hydrogens (tertiary/aromatic N) is 4. The molecule has 4 aliphatic rings. The van der Waals surface area contributed by atoms with Gasteiger partial charge >= 0.3 is 0 Å². The van der Waals surface area contributed by atoms with Crippen molar-refractivity contribution in [1.29, 1.82) is 0 Å². The fraction of sp³-hybridized carbons (Fsp3) is 0.204. The van der Waals surface area contributed by atoms with Crippen LogP contribution in [0.1, 0.15) is 44.1 Å². The molecule has 256 valence electrons. The monoisotopic (exact) mass is 684 g/mol. The zero-order chi connectivity index (χ0) is 34.9. The molecule has 2 aromatic heterocycles. The number of hydrogen-bond donors (Lipinski definition) is 0. The number of fused-ring (bicyclic) bond motifs is 3. The molecule has 4 bridgehead atoms. The van der Waals surface area contributed by atoms with Crippen LogP contribution in [0.15, 0.2) is 152 Å². The van der Waals surface area contributed by atoms with Gasteiger partial charge < -0.3 is 0 Å². The van der Waals surface area contributed by atoms with Crippen molar-refractivity contribution in [2.45, 2.75) is 43.9 Å². The number of hydrogen-bond acceptors (Lipinski definition) is 3. The minimum atomic E-state index is 0.225. The molecule has 0 spiro atoms. The maximum atomic E-state index is 5.51. The van der Waals surface area contributed by atoms with Crippen LogP contribution in [0.2, 0.25) is 0 Å². The van der Waals surface area contributed by atoms with E-state index in [0.717, 1.165) is 39.9 Å². The molecule has 6 aromatic carbocycles. The second kappa shape index (κ2) is 12.1. The van der Waals surface area contributed by atoms with Crippen molar-refractivity contribution in [2.75, 3.05) is 0 Å². The van der Waals surface area contributed by atoms with Crippen LogP contribution in [-0.2, 0) is 5.41 Å². The average Bonchev–Trinajstić information content (AvgIpc) is 3.55. The van der Waals surface area contributed by atoms with Crippen molar-refractivity contribution in [1.82, 2.24) is 19.5 Å². The van der Waals surface area contributed by atoms with Crippen LogP contribution in [0.4, 0.5) is 0 Å². The Bertz CT molecular complexity index is 2490. The van der Waals surface area contributed by atoms with Crippen molar-refractivity contribution in [3.05, 3.63) is 157 Å². The predicted octanol–water partition coefficient (Wildman–Crippen LogP) is 12.1. The van der Waals surface area contributed by atoms with Crippen molar-refractivity contribution in [3.63, 3.8) is 0 Å². The fourth-order valence-corrected chi connectivity index (χ4v) is 10.8. The molecule has 0 unspecified atom stereocenters. The maximum absolute atomic E-state index is 5.51. The Hall–Kier alpha value is -5.87. The molecular formula is C49H40N4. The van der Waals surface area contributed by atoms with E-state index in [-0.39, 0.29) is 5.41 Å². The molecule has 0 aliphatic heterocycles. The molecule has 53 heavy (non-hydrogen) atoms. The second-order valence-electron chi connectivity index (χ2n) is 15.9. The first-order chi connectivity index (χ1) is 26.2. The second-order valence-corrected chi connectivity index (χ2v) is 15.9. The minimum absolute atomic E-state index is 0.225. The van der Waals surface area contributed by atoms with Crippen molar-refractivity contribution >= 4 is 21.8 Å². The first-order valence-electron chi connectivity index (χ1n) is 19.3. The first-order valence-corrected chi connectivity index (χ1v) is 19.3. The Balaban J connectivity index is 1.23. The number of rotatable bonds is 6. The average molecular weight is 685 g/mol. The van der Waals surface area contributed by atoms with Gasteiger partial charge in [0.15, 0.2) is 11.6 Å². The van der Waals surface area contributed by atoms with E-state index in [1.807, 2.05) is 6.07 Å². The van der Waals surface area contributed by atoms with Crippen molar-refractivity contribution in [2.24, 2.45) is 17.8 Å². The summed E-state index contributed by atoms with van der Waals surface area (Å²) in [5, 5.41) is 2.36. The van der Waals surface area contributed by atoms with Crippen LogP contribution in [0.25, 0.3) is 72.8 Å². The van der Waals surface area contributed by atoms with Gasteiger partial charge in [0.25, 0.3) is 0 Å². The molecule has 0 amide bonds. The lowest BCUT2D eigenvalue weighted by Crippen LogP contribution is -2.48. The summed E-state index contributed by atoms with van der Waals surface area (Å²) in [6.45, 7) is 0. The summed E-state index contributed by atoms with van der Waals surface area (Å²) in [6, 6.07) is 54.5. The summed E-state index contributed by atoms with van der Waals surface area (Å²) >= 11 is 0. The zero-order valence-electron chi connectivity index (χ0n) is 29.7. The van der Waals surface area contributed by atoms with E-state index >= 15 is 0 Å². The van der Waals surface area contributed by atoms with Gasteiger partial charge in [-0.15, -0.1) is 0 Å². The molecule has 0 N–H and O–H groups in total. The third-order valence-electron chi connectivity index (χ3n) is 12.6. The topological polar surface area (TPSA) is 43.6 Å². The largest absolute Gasteiger partial charge is 0.278 e. The van der Waals surface area contributed by atoms with Crippen LogP contribution in [0, 0.1) is 17.8 Å². The van der Waals surface area contributed by atoms with E-state index in [2.05, 4.69) is 150 Å². The van der Waals surface area contributed by atoms with Crippen LogP contribution in [0.3, 0.4) is 0 Å². The van der Waals surface area contributed by atoms with E-state index in [0.29, 0.717) is 17.6 Å². The van der Waals surface area contributed by atoms with Gasteiger partial charge in [-0.3, -0.25) is 4.57 Å². The molecule has 0 atom stereocenters. The number of para-hydroxylation sites is 2. The zero-order valence-corrected chi connectivity index (χ0v) is 29.7. The van der Waals surface area contributed by atoms with E-state index in [9.17, 15) is 0 Å². The Morgan fingerprint density at radius 3 is 1.40 bits per heavy atom. The summed E-state index contributed by atoms with van der Waals surface area (Å²) in [6.07, 6.45) is 8.20. The maximum Gasteiger partial charge on any atom is 0.238 e. The van der Waals surface area contributed by atoms with E-state index in [1.54, 1.807) is 0 Å². The van der Waals surface area contributed by atoms with Gasteiger partial charge in [-0.25, -0.2) is 4.98 Å². The summed E-state index contributed by atoms with van der Waals surface area (Å²) in [7, 11) is 0. The van der Waals surface area contributed by atoms with Gasteiger partial charge in [-0.05, 0) is 114 Å². The van der Waals surface area contributed by atoms with Gasteiger partial charge in [-0.2, -0.15) is 9.97 Å². The number of aromatic nitrogens is 4. The van der Waals surface area contributed by atoms with Crippen LogP contribution in [0.5, 0.6) is 0 Å². The molecule has 0 radical (unpaired) electrons. The highest BCUT2D eigenvalue weighted by molar-refractivity contribution is 6.09.